The second-order valence-electron chi connectivity index (χ2n) is 4.57. The van der Waals surface area contributed by atoms with E-state index in [1.165, 1.54) is 5.56 Å². The van der Waals surface area contributed by atoms with E-state index in [1.807, 2.05) is 51.1 Å². The van der Waals surface area contributed by atoms with E-state index >= 15 is 0 Å². The first-order valence-corrected chi connectivity index (χ1v) is 5.23. The molecular weight excluding hydrogens is 202 g/mol. The Morgan fingerprint density at radius 3 is 2.25 bits per heavy atom. The molecule has 3 N–H and O–H groups in total. The van der Waals surface area contributed by atoms with Crippen molar-refractivity contribution in [2.24, 2.45) is 0 Å². The van der Waals surface area contributed by atoms with Crippen molar-refractivity contribution in [1.82, 2.24) is 6.15 Å². The zero-order chi connectivity index (χ0) is 11.3. The Hall–Kier alpha value is -1.35. The lowest BCUT2D eigenvalue weighted by Crippen LogP contribution is -2.23. The first kappa shape index (κ1) is 14.6. The second-order valence-corrected chi connectivity index (χ2v) is 4.57. The highest BCUT2D eigenvalue weighted by Crippen LogP contribution is 2.10. The smallest absolute Gasteiger partial charge is 0.306 e. The fourth-order valence-corrected chi connectivity index (χ4v) is 1.28. The number of aryl methyl sites for hydroxylation is 1. The molecule has 0 spiro atoms. The summed E-state index contributed by atoms with van der Waals surface area (Å²) in [6.45, 7) is 5.65. The third-order valence-electron chi connectivity index (χ3n) is 1.88. The van der Waals surface area contributed by atoms with Crippen LogP contribution >= 0.6 is 0 Å². The highest BCUT2D eigenvalue weighted by Gasteiger charge is 2.15. The van der Waals surface area contributed by atoms with Gasteiger partial charge in [0, 0.05) is 6.42 Å². The van der Waals surface area contributed by atoms with Crippen molar-refractivity contribution in [2.75, 3.05) is 0 Å². The lowest BCUT2D eigenvalue weighted by molar-refractivity contribution is -0.154. The molecule has 3 nitrogen and oxygen atoms in total. The summed E-state index contributed by atoms with van der Waals surface area (Å²) in [7, 11) is 0. The molecule has 0 saturated carbocycles. The number of carbonyl (C=O) groups excluding carboxylic acids is 1. The van der Waals surface area contributed by atoms with Gasteiger partial charge in [-0.05, 0) is 32.8 Å². The minimum atomic E-state index is -0.381. The van der Waals surface area contributed by atoms with Crippen LogP contribution in [-0.2, 0) is 16.0 Å². The first-order valence-electron chi connectivity index (χ1n) is 5.23. The molecule has 1 rings (SSSR count). The molecule has 0 bridgehead atoms. The van der Waals surface area contributed by atoms with Gasteiger partial charge in [0.05, 0.1) is 0 Å². The van der Waals surface area contributed by atoms with Crippen molar-refractivity contribution in [3.8, 4) is 0 Å². The molecule has 0 aliphatic rings. The van der Waals surface area contributed by atoms with E-state index in [2.05, 4.69) is 0 Å². The second kappa shape index (κ2) is 6.28. The molecule has 0 aliphatic heterocycles. The van der Waals surface area contributed by atoms with Crippen LogP contribution in [0, 0.1) is 0 Å². The molecule has 0 atom stereocenters. The van der Waals surface area contributed by atoms with Crippen molar-refractivity contribution < 1.29 is 9.53 Å². The number of hydrogen-bond acceptors (Lipinski definition) is 3. The van der Waals surface area contributed by atoms with Crippen molar-refractivity contribution in [3.05, 3.63) is 35.9 Å². The van der Waals surface area contributed by atoms with Crippen LogP contribution in [0.15, 0.2) is 30.3 Å². The number of ether oxygens (including phenoxy) is 1. The molecule has 0 heterocycles. The van der Waals surface area contributed by atoms with Crippen LogP contribution in [0.5, 0.6) is 0 Å². The van der Waals surface area contributed by atoms with Crippen LogP contribution in [-0.4, -0.2) is 11.6 Å². The predicted molar refractivity (Wildman–Crippen MR) is 65.6 cm³/mol. The molecule has 0 aromatic heterocycles. The third kappa shape index (κ3) is 6.19. The van der Waals surface area contributed by atoms with Gasteiger partial charge in [0.1, 0.15) is 5.60 Å². The Kier molecular flexibility index (Phi) is 5.75. The largest absolute Gasteiger partial charge is 0.460 e. The van der Waals surface area contributed by atoms with Crippen molar-refractivity contribution in [2.45, 2.75) is 39.2 Å². The van der Waals surface area contributed by atoms with E-state index in [9.17, 15) is 4.79 Å². The monoisotopic (exact) mass is 223 g/mol. The van der Waals surface area contributed by atoms with Gasteiger partial charge in [0.2, 0.25) is 0 Å². The van der Waals surface area contributed by atoms with Crippen molar-refractivity contribution in [3.63, 3.8) is 0 Å². The summed E-state index contributed by atoms with van der Waals surface area (Å²) < 4.78 is 5.22. The van der Waals surface area contributed by atoms with Crippen LogP contribution in [0.3, 0.4) is 0 Å². The quantitative estimate of drug-likeness (QED) is 0.801. The summed E-state index contributed by atoms with van der Waals surface area (Å²) in [6.07, 6.45) is 1.19. The van der Waals surface area contributed by atoms with Crippen LogP contribution in [0.1, 0.15) is 32.8 Å². The Balaban J connectivity index is 0.00000225. The summed E-state index contributed by atoms with van der Waals surface area (Å²) in [4.78, 5) is 11.4. The molecule has 1 aromatic carbocycles. The van der Waals surface area contributed by atoms with E-state index < -0.39 is 0 Å². The average molecular weight is 223 g/mol. The van der Waals surface area contributed by atoms with Gasteiger partial charge in [0.25, 0.3) is 0 Å². The highest BCUT2D eigenvalue weighted by atomic mass is 16.6. The molecule has 0 amide bonds. The van der Waals surface area contributed by atoms with Gasteiger partial charge >= 0.3 is 5.97 Å². The van der Waals surface area contributed by atoms with Gasteiger partial charge in [0.15, 0.2) is 0 Å². The average Bonchev–Trinajstić information content (AvgIpc) is 2.14. The maximum Gasteiger partial charge on any atom is 0.306 e. The van der Waals surface area contributed by atoms with Crippen LogP contribution in [0.2, 0.25) is 0 Å². The molecule has 0 fully saturated rings. The Bertz CT molecular complexity index is 314. The molecule has 0 radical (unpaired) electrons. The zero-order valence-corrected chi connectivity index (χ0v) is 10.3. The standard InChI is InChI=1S/C13H18O2.H3N/c1-13(2,3)15-12(14)10-9-11-7-5-4-6-8-11;/h4-8H,9-10H2,1-3H3;1H3. The molecule has 16 heavy (non-hydrogen) atoms. The van der Waals surface area contributed by atoms with Gasteiger partial charge in [-0.3, -0.25) is 4.79 Å². The number of benzene rings is 1. The minimum absolute atomic E-state index is 0. The van der Waals surface area contributed by atoms with Gasteiger partial charge < -0.3 is 10.9 Å². The molecule has 0 saturated heterocycles. The number of rotatable bonds is 3. The van der Waals surface area contributed by atoms with Gasteiger partial charge in [-0.15, -0.1) is 0 Å². The van der Waals surface area contributed by atoms with Crippen LogP contribution in [0.4, 0.5) is 0 Å². The Morgan fingerprint density at radius 1 is 1.19 bits per heavy atom. The maximum absolute atomic E-state index is 11.4. The summed E-state index contributed by atoms with van der Waals surface area (Å²) in [5, 5.41) is 0. The third-order valence-corrected chi connectivity index (χ3v) is 1.88. The van der Waals surface area contributed by atoms with Gasteiger partial charge in [-0.1, -0.05) is 30.3 Å². The maximum atomic E-state index is 11.4. The minimum Gasteiger partial charge on any atom is -0.460 e. The fraction of sp³-hybridized carbons (Fsp3) is 0.462. The lowest BCUT2D eigenvalue weighted by Gasteiger charge is -2.19. The molecule has 90 valence electrons. The lowest BCUT2D eigenvalue weighted by atomic mass is 10.1. The normalized spacial score (nSPS) is 10.4. The number of carbonyl (C=O) groups is 1. The van der Waals surface area contributed by atoms with E-state index in [0.29, 0.717) is 6.42 Å². The summed E-state index contributed by atoms with van der Waals surface area (Å²) in [5.41, 5.74) is 0.789. The van der Waals surface area contributed by atoms with E-state index in [4.69, 9.17) is 4.74 Å². The van der Waals surface area contributed by atoms with E-state index in [1.54, 1.807) is 0 Å². The molecule has 1 aromatic rings. The van der Waals surface area contributed by atoms with Gasteiger partial charge in [-0.25, -0.2) is 0 Å². The topological polar surface area (TPSA) is 61.3 Å². The van der Waals surface area contributed by atoms with Crippen LogP contribution < -0.4 is 6.15 Å². The predicted octanol–water partition coefficient (Wildman–Crippen LogP) is 3.12. The number of esters is 1. The molecule has 3 heteroatoms. The van der Waals surface area contributed by atoms with Gasteiger partial charge in [-0.2, -0.15) is 0 Å². The molecular formula is C13H21NO2. The Morgan fingerprint density at radius 2 is 1.75 bits per heavy atom. The molecule has 0 unspecified atom stereocenters. The SMILES string of the molecule is CC(C)(C)OC(=O)CCc1ccccc1.N. The fourth-order valence-electron chi connectivity index (χ4n) is 1.28. The van der Waals surface area contributed by atoms with Crippen molar-refractivity contribution >= 4 is 5.97 Å². The highest BCUT2D eigenvalue weighted by molar-refractivity contribution is 5.70. The summed E-state index contributed by atoms with van der Waals surface area (Å²) in [6, 6.07) is 9.96. The first-order chi connectivity index (χ1) is 6.97. The number of hydrogen-bond donors (Lipinski definition) is 1. The van der Waals surface area contributed by atoms with E-state index in [-0.39, 0.29) is 17.7 Å². The van der Waals surface area contributed by atoms with Crippen molar-refractivity contribution in [1.29, 1.82) is 0 Å². The van der Waals surface area contributed by atoms with E-state index in [0.717, 1.165) is 6.42 Å². The zero-order valence-electron chi connectivity index (χ0n) is 10.3. The molecule has 0 aliphatic carbocycles. The van der Waals surface area contributed by atoms with Crippen LogP contribution in [0.25, 0.3) is 0 Å². The summed E-state index contributed by atoms with van der Waals surface area (Å²) in [5.74, 6) is -0.133. The Labute approximate surface area is 97.4 Å². The summed E-state index contributed by atoms with van der Waals surface area (Å²) >= 11 is 0.